The summed E-state index contributed by atoms with van der Waals surface area (Å²) in [5, 5.41) is 2.10. The number of aryl methyl sites for hydroxylation is 1. The smallest absolute Gasteiger partial charge is 0.205 e. The monoisotopic (exact) mass is 577 g/mol. The Morgan fingerprint density at radius 2 is 1.78 bits per heavy atom. The summed E-state index contributed by atoms with van der Waals surface area (Å²) in [5.41, 5.74) is 11.9. The zero-order valence-corrected chi connectivity index (χ0v) is 26.2. The maximum Gasteiger partial charge on any atom is 0.205 e. The standard InChI is InChI=1S/C32H42ClN5O.C2H6/c1-4-5-9-27(21-35-25(2)39-3)30-24-38(15-8-14-34)32-13-12-26(20-29(30)32)22-36-16-18-37(19-17-36)23-28-10-6-7-11-31(28)33;1-2/h6-7,9-13,20-21,24H,2,4-5,8,14-19,22-23,34H2,1,3H3;1-2H3/b27-9+,35-21-;. The van der Waals surface area contributed by atoms with Crippen molar-refractivity contribution in [2.24, 2.45) is 10.7 Å². The molecule has 2 N–H and O–H groups in total. The number of methoxy groups -OCH3 is 1. The number of unbranched alkanes of at least 4 members (excludes halogenated alkanes) is 1. The lowest BCUT2D eigenvalue weighted by Gasteiger charge is -2.35. The van der Waals surface area contributed by atoms with Gasteiger partial charge in [0, 0.05) is 79.7 Å². The van der Waals surface area contributed by atoms with E-state index in [-0.39, 0.29) is 0 Å². The maximum atomic E-state index is 6.39. The van der Waals surface area contributed by atoms with Crippen molar-refractivity contribution in [2.45, 2.75) is 59.7 Å². The Morgan fingerprint density at radius 3 is 2.44 bits per heavy atom. The average Bonchev–Trinajstić information content (AvgIpc) is 3.36. The van der Waals surface area contributed by atoms with Crippen molar-refractivity contribution in [2.75, 3.05) is 39.8 Å². The van der Waals surface area contributed by atoms with Gasteiger partial charge >= 0.3 is 0 Å². The highest BCUT2D eigenvalue weighted by atomic mass is 35.5. The molecule has 0 radical (unpaired) electrons. The molecule has 2 heterocycles. The number of benzene rings is 2. The Labute approximate surface area is 252 Å². The van der Waals surface area contributed by atoms with Crippen molar-refractivity contribution >= 4 is 34.3 Å². The van der Waals surface area contributed by atoms with Crippen LogP contribution < -0.4 is 5.73 Å². The molecule has 0 atom stereocenters. The van der Waals surface area contributed by atoms with Crippen molar-refractivity contribution in [1.29, 1.82) is 0 Å². The lowest BCUT2D eigenvalue weighted by Crippen LogP contribution is -2.45. The number of aliphatic imine (C=N–C) groups is 1. The first kappa shape index (κ1) is 32.6. The molecule has 0 bridgehead atoms. The van der Waals surface area contributed by atoms with E-state index in [1.54, 1.807) is 7.11 Å². The predicted octanol–water partition coefficient (Wildman–Crippen LogP) is 7.36. The number of rotatable bonds is 13. The molecule has 0 unspecified atom stereocenters. The topological polar surface area (TPSA) is 59.0 Å². The molecule has 1 aromatic heterocycles. The number of piperazine rings is 1. The second-order valence-electron chi connectivity index (χ2n) is 10.2. The lowest BCUT2D eigenvalue weighted by atomic mass is 10.0. The Kier molecular flexibility index (Phi) is 13.6. The normalized spacial score (nSPS) is 14.8. The van der Waals surface area contributed by atoms with E-state index in [1.165, 1.54) is 27.6 Å². The van der Waals surface area contributed by atoms with Gasteiger partial charge in [-0.15, -0.1) is 0 Å². The van der Waals surface area contributed by atoms with Gasteiger partial charge in [-0.1, -0.05) is 69.1 Å². The molecule has 222 valence electrons. The number of ether oxygens (including phenoxy) is 1. The van der Waals surface area contributed by atoms with Crippen LogP contribution in [-0.2, 0) is 24.4 Å². The average molecular weight is 578 g/mol. The molecule has 3 aromatic rings. The van der Waals surface area contributed by atoms with E-state index in [0.29, 0.717) is 12.4 Å². The molecule has 7 heteroatoms. The number of aromatic nitrogens is 1. The van der Waals surface area contributed by atoms with Gasteiger partial charge in [-0.05, 0) is 60.9 Å². The van der Waals surface area contributed by atoms with Gasteiger partial charge in [-0.3, -0.25) is 9.80 Å². The summed E-state index contributed by atoms with van der Waals surface area (Å²) in [6, 6.07) is 15.1. The van der Waals surface area contributed by atoms with E-state index >= 15 is 0 Å². The summed E-state index contributed by atoms with van der Waals surface area (Å²) in [6.45, 7) is 17.6. The molecule has 0 amide bonds. The van der Waals surface area contributed by atoms with Crippen LogP contribution in [-0.4, -0.2) is 60.4 Å². The second-order valence-corrected chi connectivity index (χ2v) is 10.6. The largest absolute Gasteiger partial charge is 0.481 e. The Balaban J connectivity index is 0.00000226. The van der Waals surface area contributed by atoms with Crippen molar-refractivity contribution in [1.82, 2.24) is 14.4 Å². The van der Waals surface area contributed by atoms with Crippen LogP contribution in [0, 0.1) is 0 Å². The third kappa shape index (κ3) is 9.30. The lowest BCUT2D eigenvalue weighted by molar-refractivity contribution is 0.122. The minimum Gasteiger partial charge on any atom is -0.481 e. The summed E-state index contributed by atoms with van der Waals surface area (Å²) in [7, 11) is 1.59. The summed E-state index contributed by atoms with van der Waals surface area (Å²) >= 11 is 6.39. The molecule has 0 spiro atoms. The highest BCUT2D eigenvalue weighted by Crippen LogP contribution is 2.29. The SMILES string of the molecule is C=C(/N=C\C(=C/CCC)c1cn(CCCN)c2ccc(CN3CCN(Cc4ccccc4Cl)CC3)cc12)OC.CC. The van der Waals surface area contributed by atoms with E-state index in [9.17, 15) is 0 Å². The number of nitrogens with zero attached hydrogens (tertiary/aromatic N) is 4. The van der Waals surface area contributed by atoms with Gasteiger partial charge in [-0.2, -0.15) is 0 Å². The fourth-order valence-corrected chi connectivity index (χ4v) is 5.27. The minimum atomic E-state index is 0.402. The van der Waals surface area contributed by atoms with Crippen LogP contribution in [0.4, 0.5) is 0 Å². The van der Waals surface area contributed by atoms with Gasteiger partial charge in [-0.25, -0.2) is 4.99 Å². The van der Waals surface area contributed by atoms with Crippen LogP contribution in [0.1, 0.15) is 56.7 Å². The molecular weight excluding hydrogens is 530 g/mol. The van der Waals surface area contributed by atoms with Crippen LogP contribution in [0.5, 0.6) is 0 Å². The van der Waals surface area contributed by atoms with E-state index in [2.05, 4.69) is 75.5 Å². The molecule has 41 heavy (non-hydrogen) atoms. The molecule has 2 aromatic carbocycles. The summed E-state index contributed by atoms with van der Waals surface area (Å²) < 4.78 is 7.51. The molecule has 4 rings (SSSR count). The minimum absolute atomic E-state index is 0.402. The van der Waals surface area contributed by atoms with E-state index in [4.69, 9.17) is 22.1 Å². The van der Waals surface area contributed by atoms with Gasteiger partial charge in [0.1, 0.15) is 0 Å². The second kappa shape index (κ2) is 17.1. The number of fused-ring (bicyclic) bond motifs is 1. The molecule has 1 aliphatic rings. The van der Waals surface area contributed by atoms with Gasteiger partial charge in [0.25, 0.3) is 0 Å². The Morgan fingerprint density at radius 1 is 1.07 bits per heavy atom. The zero-order chi connectivity index (χ0) is 29.6. The quantitative estimate of drug-likeness (QED) is 0.170. The molecule has 1 aliphatic heterocycles. The third-order valence-corrected chi connectivity index (χ3v) is 7.69. The number of halogens is 1. The maximum absolute atomic E-state index is 6.39. The first-order valence-corrected chi connectivity index (χ1v) is 15.4. The molecule has 1 saturated heterocycles. The number of nitrogens with two attached hydrogens (primary N) is 1. The molecule has 1 fully saturated rings. The predicted molar refractivity (Wildman–Crippen MR) is 176 cm³/mol. The Bertz CT molecular complexity index is 1300. The van der Waals surface area contributed by atoms with Crippen molar-refractivity contribution in [3.05, 3.63) is 88.9 Å². The van der Waals surface area contributed by atoms with Gasteiger partial charge in [0.05, 0.1) is 7.11 Å². The van der Waals surface area contributed by atoms with Gasteiger partial charge in [0.15, 0.2) is 0 Å². The molecular formula is C34H48ClN5O. The number of allylic oxidation sites excluding steroid dienone is 2. The van der Waals surface area contributed by atoms with Crippen molar-refractivity contribution in [3.8, 4) is 0 Å². The number of hydrogen-bond acceptors (Lipinski definition) is 5. The summed E-state index contributed by atoms with van der Waals surface area (Å²) in [4.78, 5) is 9.49. The van der Waals surface area contributed by atoms with Gasteiger partial charge in [0.2, 0.25) is 5.88 Å². The first-order chi connectivity index (χ1) is 20.0. The molecule has 6 nitrogen and oxygen atoms in total. The van der Waals surface area contributed by atoms with E-state index in [1.807, 2.05) is 32.2 Å². The first-order valence-electron chi connectivity index (χ1n) is 15.0. The fourth-order valence-electron chi connectivity index (χ4n) is 5.08. The fraction of sp³-hybridized carbons (Fsp3) is 0.441. The van der Waals surface area contributed by atoms with Crippen LogP contribution in [0.3, 0.4) is 0 Å². The van der Waals surface area contributed by atoms with Crippen molar-refractivity contribution in [3.63, 3.8) is 0 Å². The van der Waals surface area contributed by atoms with Crippen LogP contribution in [0.25, 0.3) is 16.5 Å². The Hall–Kier alpha value is -2.90. The zero-order valence-electron chi connectivity index (χ0n) is 25.4. The molecule has 0 saturated carbocycles. The van der Waals surface area contributed by atoms with Gasteiger partial charge < -0.3 is 15.0 Å². The van der Waals surface area contributed by atoms with E-state index < -0.39 is 0 Å². The van der Waals surface area contributed by atoms with Crippen LogP contribution in [0.15, 0.2) is 72.2 Å². The third-order valence-electron chi connectivity index (χ3n) is 7.32. The highest BCUT2D eigenvalue weighted by molar-refractivity contribution is 6.31. The molecule has 0 aliphatic carbocycles. The highest BCUT2D eigenvalue weighted by Gasteiger charge is 2.19. The van der Waals surface area contributed by atoms with E-state index in [0.717, 1.165) is 75.7 Å². The summed E-state index contributed by atoms with van der Waals surface area (Å²) in [5.74, 6) is 0.402. The van der Waals surface area contributed by atoms with Crippen LogP contribution >= 0.6 is 11.6 Å². The summed E-state index contributed by atoms with van der Waals surface area (Å²) in [6.07, 6.45) is 9.39. The number of hydrogen-bond donors (Lipinski definition) is 1. The van der Waals surface area contributed by atoms with Crippen LogP contribution in [0.2, 0.25) is 5.02 Å². The van der Waals surface area contributed by atoms with Crippen molar-refractivity contribution < 1.29 is 4.74 Å².